The van der Waals surface area contributed by atoms with Crippen LogP contribution in [0.3, 0.4) is 0 Å². The van der Waals surface area contributed by atoms with Crippen LogP contribution in [0.5, 0.6) is 23.0 Å². The highest BCUT2D eigenvalue weighted by Crippen LogP contribution is 2.40. The summed E-state index contributed by atoms with van der Waals surface area (Å²) >= 11 is 0. The molecule has 0 atom stereocenters. The molecule has 5 aromatic carbocycles. The van der Waals surface area contributed by atoms with Gasteiger partial charge >= 0.3 is 0 Å². The van der Waals surface area contributed by atoms with Gasteiger partial charge in [0.2, 0.25) is 0 Å². The Morgan fingerprint density at radius 2 is 0.905 bits per heavy atom. The summed E-state index contributed by atoms with van der Waals surface area (Å²) in [5, 5.41) is 9.83. The molecule has 0 aromatic heterocycles. The van der Waals surface area contributed by atoms with Crippen molar-refractivity contribution in [2.75, 3.05) is 11.5 Å². The first kappa shape index (κ1) is 28.3. The molecule has 0 amide bonds. The first-order valence-corrected chi connectivity index (χ1v) is 13.9. The summed E-state index contributed by atoms with van der Waals surface area (Å²) in [7, 11) is 0. The number of anilines is 2. The lowest BCUT2D eigenvalue weighted by molar-refractivity contribution is 0.417. The van der Waals surface area contributed by atoms with E-state index >= 15 is 0 Å². The Morgan fingerprint density at radius 1 is 0.524 bits per heavy atom. The van der Waals surface area contributed by atoms with Crippen LogP contribution in [0.4, 0.5) is 11.4 Å². The maximum absolute atomic E-state index is 9.83. The van der Waals surface area contributed by atoms with Gasteiger partial charge in [0, 0.05) is 22.2 Å². The van der Waals surface area contributed by atoms with Crippen LogP contribution in [0.2, 0.25) is 0 Å². The quantitative estimate of drug-likeness (QED) is 0.187. The number of para-hydroxylation sites is 1. The molecule has 0 aliphatic rings. The molecular formula is C37H35N3O2. The number of hydrogen-bond acceptors (Lipinski definition) is 5. The molecule has 5 aromatic rings. The fraction of sp³-hybridized carbons (Fsp3) is 0.162. The minimum atomic E-state index is -0.223. The van der Waals surface area contributed by atoms with E-state index in [0.717, 1.165) is 22.5 Å². The summed E-state index contributed by atoms with van der Waals surface area (Å²) in [4.78, 5) is 0. The molecule has 0 bridgehead atoms. The van der Waals surface area contributed by atoms with Gasteiger partial charge in [-0.3, -0.25) is 0 Å². The number of nitriles is 1. The Hall–Kier alpha value is -5.21. The molecule has 0 aliphatic heterocycles. The first-order chi connectivity index (χ1) is 20.1. The second kappa shape index (κ2) is 11.3. The van der Waals surface area contributed by atoms with E-state index in [4.69, 9.17) is 20.9 Å². The number of nitrogen functional groups attached to an aromatic ring is 2. The van der Waals surface area contributed by atoms with Crippen LogP contribution >= 0.6 is 0 Å². The minimum Gasteiger partial charge on any atom is -0.453 e. The highest BCUT2D eigenvalue weighted by Gasteiger charge is 2.24. The van der Waals surface area contributed by atoms with E-state index in [1.807, 2.05) is 60.7 Å². The third kappa shape index (κ3) is 5.80. The summed E-state index contributed by atoms with van der Waals surface area (Å²) < 4.78 is 12.5. The standard InChI is InChI=1S/C37H35N3O2/c1-36(2,26-8-16-30(39)17-9-26)28-12-20-32(21-13-28)41-34-7-5-6-25(24-38)35(34)42-33-22-14-29(15-23-33)37(3,4)27-10-18-31(40)19-11-27/h5-23H,39-40H2,1-4H3. The number of rotatable bonds is 8. The molecule has 4 N–H and O–H groups in total. The number of nitrogens with zero attached hydrogens (tertiary/aromatic N) is 1. The van der Waals surface area contributed by atoms with Crippen molar-refractivity contribution in [2.45, 2.75) is 38.5 Å². The number of ether oxygens (including phenoxy) is 2. The maximum Gasteiger partial charge on any atom is 0.187 e. The normalized spacial score (nSPS) is 11.5. The van der Waals surface area contributed by atoms with E-state index in [1.54, 1.807) is 18.2 Å². The Kier molecular flexibility index (Phi) is 7.65. The summed E-state index contributed by atoms with van der Waals surface area (Å²) in [6.07, 6.45) is 0. The minimum absolute atomic E-state index is 0.212. The zero-order chi connectivity index (χ0) is 29.9. The molecule has 210 valence electrons. The van der Waals surface area contributed by atoms with Crippen molar-refractivity contribution < 1.29 is 9.47 Å². The van der Waals surface area contributed by atoms with Crippen molar-refractivity contribution in [1.82, 2.24) is 0 Å². The fourth-order valence-electron chi connectivity index (χ4n) is 5.05. The second-order valence-corrected chi connectivity index (χ2v) is 11.5. The zero-order valence-corrected chi connectivity index (χ0v) is 24.4. The topological polar surface area (TPSA) is 94.3 Å². The molecule has 0 unspecified atom stereocenters. The average molecular weight is 554 g/mol. The molecular weight excluding hydrogens is 518 g/mol. The predicted octanol–water partition coefficient (Wildman–Crippen LogP) is 8.96. The van der Waals surface area contributed by atoms with Gasteiger partial charge in [0.05, 0.1) is 5.56 Å². The average Bonchev–Trinajstić information content (AvgIpc) is 2.99. The van der Waals surface area contributed by atoms with Crippen LogP contribution in [-0.4, -0.2) is 0 Å². The lowest BCUT2D eigenvalue weighted by atomic mass is 9.78. The molecule has 0 saturated carbocycles. The van der Waals surface area contributed by atoms with Crippen LogP contribution in [0.15, 0.2) is 115 Å². The van der Waals surface area contributed by atoms with Crippen LogP contribution in [0, 0.1) is 11.3 Å². The summed E-state index contributed by atoms with van der Waals surface area (Å²) in [6, 6.07) is 39.4. The smallest absolute Gasteiger partial charge is 0.187 e. The molecule has 0 aliphatic carbocycles. The SMILES string of the molecule is CC(C)(c1ccc(N)cc1)c1ccc(Oc2cccc(C#N)c2Oc2ccc(C(C)(C)c3ccc(N)cc3)cc2)cc1. The molecule has 0 spiro atoms. The number of nitrogens with two attached hydrogens (primary N) is 2. The van der Waals surface area contributed by atoms with Crippen molar-refractivity contribution in [3.05, 3.63) is 143 Å². The van der Waals surface area contributed by atoms with E-state index < -0.39 is 0 Å². The van der Waals surface area contributed by atoms with Crippen molar-refractivity contribution in [3.63, 3.8) is 0 Å². The molecule has 42 heavy (non-hydrogen) atoms. The van der Waals surface area contributed by atoms with Gasteiger partial charge in [-0.1, -0.05) is 82.3 Å². The molecule has 5 heteroatoms. The highest BCUT2D eigenvalue weighted by atomic mass is 16.5. The van der Waals surface area contributed by atoms with Gasteiger partial charge in [-0.2, -0.15) is 5.26 Å². The van der Waals surface area contributed by atoms with Gasteiger partial charge < -0.3 is 20.9 Å². The Balaban J connectivity index is 1.37. The van der Waals surface area contributed by atoms with E-state index in [9.17, 15) is 5.26 Å². The molecule has 0 saturated heterocycles. The van der Waals surface area contributed by atoms with E-state index in [1.165, 1.54) is 11.1 Å². The summed E-state index contributed by atoms with van der Waals surface area (Å²) in [5.41, 5.74) is 17.8. The predicted molar refractivity (Wildman–Crippen MR) is 170 cm³/mol. The maximum atomic E-state index is 9.83. The van der Waals surface area contributed by atoms with E-state index in [0.29, 0.717) is 28.6 Å². The fourth-order valence-corrected chi connectivity index (χ4v) is 5.05. The lowest BCUT2D eigenvalue weighted by Crippen LogP contribution is -2.18. The van der Waals surface area contributed by atoms with Gasteiger partial charge in [0.25, 0.3) is 0 Å². The first-order valence-electron chi connectivity index (χ1n) is 13.9. The van der Waals surface area contributed by atoms with Gasteiger partial charge in [-0.05, 0) is 82.9 Å². The van der Waals surface area contributed by atoms with Crippen LogP contribution in [-0.2, 0) is 10.8 Å². The third-order valence-electron chi connectivity index (χ3n) is 7.96. The van der Waals surface area contributed by atoms with Crippen LogP contribution in [0.1, 0.15) is 55.5 Å². The Bertz CT molecular complexity index is 1710. The summed E-state index contributed by atoms with van der Waals surface area (Å²) in [5.74, 6) is 2.09. The third-order valence-corrected chi connectivity index (χ3v) is 7.96. The van der Waals surface area contributed by atoms with Crippen molar-refractivity contribution >= 4 is 11.4 Å². The van der Waals surface area contributed by atoms with Gasteiger partial charge in [-0.25, -0.2) is 0 Å². The van der Waals surface area contributed by atoms with Crippen LogP contribution in [0.25, 0.3) is 0 Å². The Morgan fingerprint density at radius 3 is 1.31 bits per heavy atom. The van der Waals surface area contributed by atoms with Gasteiger partial charge in [-0.15, -0.1) is 0 Å². The van der Waals surface area contributed by atoms with E-state index in [-0.39, 0.29) is 10.8 Å². The summed E-state index contributed by atoms with van der Waals surface area (Å²) in [6.45, 7) is 8.71. The van der Waals surface area contributed by atoms with Gasteiger partial charge in [0.15, 0.2) is 11.5 Å². The Labute approximate surface area is 248 Å². The zero-order valence-electron chi connectivity index (χ0n) is 24.4. The molecule has 5 rings (SSSR count). The largest absolute Gasteiger partial charge is 0.453 e. The highest BCUT2D eigenvalue weighted by molar-refractivity contribution is 5.56. The molecule has 0 fully saturated rings. The molecule has 0 heterocycles. The van der Waals surface area contributed by atoms with Crippen molar-refractivity contribution in [2.24, 2.45) is 0 Å². The number of benzene rings is 5. The van der Waals surface area contributed by atoms with E-state index in [2.05, 4.69) is 70.2 Å². The van der Waals surface area contributed by atoms with Crippen molar-refractivity contribution in [1.29, 1.82) is 5.26 Å². The molecule has 5 nitrogen and oxygen atoms in total. The monoisotopic (exact) mass is 553 g/mol. The van der Waals surface area contributed by atoms with Crippen LogP contribution < -0.4 is 20.9 Å². The van der Waals surface area contributed by atoms with Crippen molar-refractivity contribution in [3.8, 4) is 29.1 Å². The van der Waals surface area contributed by atoms with Gasteiger partial charge in [0.1, 0.15) is 17.6 Å². The second-order valence-electron chi connectivity index (χ2n) is 11.5. The molecule has 0 radical (unpaired) electrons. The lowest BCUT2D eigenvalue weighted by Gasteiger charge is -2.26. The number of hydrogen-bond donors (Lipinski definition) is 2.